The number of aryl methyl sites for hydroxylation is 2. The monoisotopic (exact) mass is 415 g/mol. The molecule has 1 atom stereocenters. The third-order valence-electron chi connectivity index (χ3n) is 5.21. The lowest BCUT2D eigenvalue weighted by Crippen LogP contribution is -2.42. The van der Waals surface area contributed by atoms with Gasteiger partial charge in [-0.3, -0.25) is 19.4 Å². The lowest BCUT2D eigenvalue weighted by atomic mass is 9.98. The number of aromatic amines is 2. The van der Waals surface area contributed by atoms with E-state index >= 15 is 0 Å². The molecule has 0 spiro atoms. The van der Waals surface area contributed by atoms with Crippen molar-refractivity contribution in [3.8, 4) is 0 Å². The Balaban J connectivity index is 1.44. The highest BCUT2D eigenvalue weighted by Gasteiger charge is 2.29. The maximum atomic E-state index is 12.7. The standard InChI is InChI=1S/C19H21N5O4S/c20-19-22-15-14(16(25)23-19)10(8-21-15)3-4-12-5-6-13(29-12)17(26)24-7-1-2-11(9-24)18(27)28/h5-6,8,11H,1-4,7,9H2,(H,27,28)(H4,20,21,22,23,25). The van der Waals surface area contributed by atoms with Gasteiger partial charge in [0.15, 0.2) is 0 Å². The number of likely N-dealkylation sites (tertiary alicyclic amines) is 1. The second-order valence-electron chi connectivity index (χ2n) is 7.18. The van der Waals surface area contributed by atoms with Gasteiger partial charge in [-0.2, -0.15) is 4.98 Å². The molecule has 0 aromatic carbocycles. The molecule has 3 aromatic heterocycles. The third-order valence-corrected chi connectivity index (χ3v) is 6.35. The first-order valence-corrected chi connectivity index (χ1v) is 10.2. The fraction of sp³-hybridized carbons (Fsp3) is 0.368. The number of carbonyl (C=O) groups is 2. The number of thiophene rings is 1. The third kappa shape index (κ3) is 3.88. The zero-order valence-electron chi connectivity index (χ0n) is 15.6. The summed E-state index contributed by atoms with van der Waals surface area (Å²) in [6, 6.07) is 3.70. The number of aliphatic carboxylic acids is 1. The van der Waals surface area contributed by atoms with Crippen LogP contribution in [0.5, 0.6) is 0 Å². The Hall–Kier alpha value is -3.14. The minimum atomic E-state index is -0.848. The SMILES string of the molecule is Nc1nc2[nH]cc(CCc3ccc(C(=O)N4CCCC(C(=O)O)C4)s3)c2c(=O)[nH]1. The highest BCUT2D eigenvalue weighted by molar-refractivity contribution is 7.14. The van der Waals surface area contributed by atoms with Crippen LogP contribution in [0.3, 0.4) is 0 Å². The molecule has 1 fully saturated rings. The van der Waals surface area contributed by atoms with Gasteiger partial charge in [-0.15, -0.1) is 11.3 Å². The van der Waals surface area contributed by atoms with Crippen molar-refractivity contribution < 1.29 is 14.7 Å². The summed E-state index contributed by atoms with van der Waals surface area (Å²) in [4.78, 5) is 48.9. The van der Waals surface area contributed by atoms with Crippen LogP contribution in [0, 0.1) is 5.92 Å². The molecule has 1 aliphatic rings. The Morgan fingerprint density at radius 2 is 2.17 bits per heavy atom. The lowest BCUT2D eigenvalue weighted by Gasteiger charge is -2.30. The minimum absolute atomic E-state index is 0.0696. The van der Waals surface area contributed by atoms with Crippen molar-refractivity contribution in [3.05, 3.63) is 44.0 Å². The van der Waals surface area contributed by atoms with Crippen molar-refractivity contribution in [3.63, 3.8) is 0 Å². The molecule has 0 aliphatic carbocycles. The quantitative estimate of drug-likeness (QED) is 0.498. The second-order valence-corrected chi connectivity index (χ2v) is 8.35. The van der Waals surface area contributed by atoms with Crippen LogP contribution in [-0.2, 0) is 17.6 Å². The van der Waals surface area contributed by atoms with E-state index in [1.165, 1.54) is 11.3 Å². The first-order chi connectivity index (χ1) is 13.9. The number of carbonyl (C=O) groups excluding carboxylic acids is 1. The van der Waals surface area contributed by atoms with Gasteiger partial charge in [-0.25, -0.2) is 0 Å². The Kier molecular flexibility index (Phi) is 5.10. The number of rotatable bonds is 5. The largest absolute Gasteiger partial charge is 0.481 e. The molecule has 1 amide bonds. The molecule has 0 bridgehead atoms. The molecule has 1 unspecified atom stereocenters. The number of carboxylic acids is 1. The predicted molar refractivity (Wildman–Crippen MR) is 109 cm³/mol. The summed E-state index contributed by atoms with van der Waals surface area (Å²) in [6.45, 7) is 0.847. The number of hydrogen-bond acceptors (Lipinski definition) is 6. The smallest absolute Gasteiger partial charge is 0.308 e. The summed E-state index contributed by atoms with van der Waals surface area (Å²) >= 11 is 1.41. The van der Waals surface area contributed by atoms with Crippen LogP contribution in [-0.4, -0.2) is 49.9 Å². The van der Waals surface area contributed by atoms with Crippen LogP contribution in [0.25, 0.3) is 11.0 Å². The molecular formula is C19H21N5O4S. The molecule has 152 valence electrons. The van der Waals surface area contributed by atoms with Crippen LogP contribution >= 0.6 is 11.3 Å². The zero-order chi connectivity index (χ0) is 20.5. The summed E-state index contributed by atoms with van der Waals surface area (Å²) < 4.78 is 0. The molecule has 1 saturated heterocycles. The maximum absolute atomic E-state index is 12.7. The highest BCUT2D eigenvalue weighted by atomic mass is 32.1. The number of aromatic nitrogens is 3. The van der Waals surface area contributed by atoms with E-state index in [0.717, 1.165) is 10.4 Å². The van der Waals surface area contributed by atoms with E-state index in [1.54, 1.807) is 17.2 Å². The molecule has 5 N–H and O–H groups in total. The van der Waals surface area contributed by atoms with Gasteiger partial charge < -0.3 is 20.7 Å². The van der Waals surface area contributed by atoms with E-state index in [0.29, 0.717) is 48.1 Å². The van der Waals surface area contributed by atoms with Crippen molar-refractivity contribution in [1.29, 1.82) is 0 Å². The number of fused-ring (bicyclic) bond motifs is 1. The fourth-order valence-corrected chi connectivity index (χ4v) is 4.70. The molecule has 29 heavy (non-hydrogen) atoms. The molecule has 0 saturated carbocycles. The molecule has 10 heteroatoms. The van der Waals surface area contributed by atoms with Gasteiger partial charge in [-0.05, 0) is 43.4 Å². The Morgan fingerprint density at radius 3 is 2.97 bits per heavy atom. The number of nitrogen functional groups attached to an aromatic ring is 1. The number of piperidine rings is 1. The fourth-order valence-electron chi connectivity index (χ4n) is 3.72. The first kappa shape index (κ1) is 19.2. The van der Waals surface area contributed by atoms with Gasteiger partial charge in [0.25, 0.3) is 11.5 Å². The van der Waals surface area contributed by atoms with Crippen LogP contribution in [0.4, 0.5) is 5.95 Å². The second kappa shape index (κ2) is 7.70. The van der Waals surface area contributed by atoms with Gasteiger partial charge in [0.1, 0.15) is 5.65 Å². The molecule has 4 heterocycles. The lowest BCUT2D eigenvalue weighted by molar-refractivity contribution is -0.143. The minimum Gasteiger partial charge on any atom is -0.481 e. The van der Waals surface area contributed by atoms with Crippen LogP contribution in [0.2, 0.25) is 0 Å². The number of amides is 1. The number of nitrogens with two attached hydrogens (primary N) is 1. The van der Waals surface area contributed by atoms with Gasteiger partial charge in [0.2, 0.25) is 5.95 Å². The Morgan fingerprint density at radius 1 is 1.34 bits per heavy atom. The van der Waals surface area contributed by atoms with Gasteiger partial charge >= 0.3 is 5.97 Å². The van der Waals surface area contributed by atoms with Crippen LogP contribution in [0.1, 0.15) is 33.0 Å². The zero-order valence-corrected chi connectivity index (χ0v) is 16.4. The van der Waals surface area contributed by atoms with E-state index < -0.39 is 11.9 Å². The average Bonchev–Trinajstić information content (AvgIpc) is 3.33. The number of nitrogens with one attached hydrogen (secondary N) is 2. The van der Waals surface area contributed by atoms with Crippen molar-refractivity contribution in [2.75, 3.05) is 18.8 Å². The van der Waals surface area contributed by atoms with E-state index in [-0.39, 0.29) is 24.0 Å². The van der Waals surface area contributed by atoms with Crippen LogP contribution < -0.4 is 11.3 Å². The molecular weight excluding hydrogens is 394 g/mol. The molecule has 0 radical (unpaired) electrons. The average molecular weight is 415 g/mol. The summed E-state index contributed by atoms with van der Waals surface area (Å²) in [7, 11) is 0. The number of carboxylic acid groups (broad SMARTS) is 1. The van der Waals surface area contributed by atoms with Gasteiger partial charge in [0.05, 0.1) is 16.2 Å². The summed E-state index contributed by atoms with van der Waals surface area (Å²) in [6.07, 6.45) is 4.36. The van der Waals surface area contributed by atoms with E-state index in [4.69, 9.17) is 5.73 Å². The normalized spacial score (nSPS) is 17.0. The summed E-state index contributed by atoms with van der Waals surface area (Å²) in [5.74, 6) is -1.38. The number of H-pyrrole nitrogens is 2. The number of nitrogens with zero attached hydrogens (tertiary/aromatic N) is 2. The van der Waals surface area contributed by atoms with Gasteiger partial charge in [-0.1, -0.05) is 0 Å². The van der Waals surface area contributed by atoms with E-state index in [1.807, 2.05) is 6.07 Å². The Bertz CT molecular complexity index is 1130. The van der Waals surface area contributed by atoms with Crippen molar-refractivity contribution in [2.45, 2.75) is 25.7 Å². The molecule has 1 aliphatic heterocycles. The summed E-state index contributed by atoms with van der Waals surface area (Å²) in [5.41, 5.74) is 6.59. The molecule has 3 aromatic rings. The molecule has 9 nitrogen and oxygen atoms in total. The predicted octanol–water partition coefficient (Wildman–Crippen LogP) is 1.62. The number of anilines is 1. The van der Waals surface area contributed by atoms with Crippen molar-refractivity contribution in [2.24, 2.45) is 5.92 Å². The topological polar surface area (TPSA) is 145 Å². The molecule has 4 rings (SSSR count). The maximum Gasteiger partial charge on any atom is 0.308 e. The number of hydrogen-bond donors (Lipinski definition) is 4. The first-order valence-electron chi connectivity index (χ1n) is 9.39. The summed E-state index contributed by atoms with van der Waals surface area (Å²) in [5, 5.41) is 9.71. The van der Waals surface area contributed by atoms with Crippen LogP contribution in [0.15, 0.2) is 23.1 Å². The highest BCUT2D eigenvalue weighted by Crippen LogP contribution is 2.24. The van der Waals surface area contributed by atoms with E-state index in [9.17, 15) is 19.5 Å². The van der Waals surface area contributed by atoms with E-state index in [2.05, 4.69) is 15.0 Å². The van der Waals surface area contributed by atoms with Crippen molar-refractivity contribution >= 4 is 40.2 Å². The van der Waals surface area contributed by atoms with Crippen molar-refractivity contribution in [1.82, 2.24) is 19.9 Å². The Labute approximate surface area is 169 Å². The van der Waals surface area contributed by atoms with Gasteiger partial charge in [0, 0.05) is 24.2 Å².